The second-order valence-electron chi connectivity index (χ2n) is 8.30. The van der Waals surface area contributed by atoms with Crippen LogP contribution in [0.15, 0.2) is 0 Å². The van der Waals surface area contributed by atoms with Gasteiger partial charge in [0, 0.05) is 13.2 Å². The molecule has 128 valence electrons. The van der Waals surface area contributed by atoms with Gasteiger partial charge in [0.1, 0.15) is 0 Å². The highest BCUT2D eigenvalue weighted by molar-refractivity contribution is 5.82. The Morgan fingerprint density at radius 3 is 2.30 bits per heavy atom. The van der Waals surface area contributed by atoms with Gasteiger partial charge in [-0.3, -0.25) is 4.79 Å². The molecule has 1 N–H and O–H groups in total. The molecule has 1 atom stereocenters. The fraction of sp³-hybridized carbons (Fsp3) is 0.889. The van der Waals surface area contributed by atoms with Gasteiger partial charge in [-0.2, -0.15) is 0 Å². The molecule has 1 aliphatic heterocycles. The molecule has 5 nitrogen and oxygen atoms in total. The lowest BCUT2D eigenvalue weighted by Gasteiger charge is -2.56. The first-order valence-electron chi connectivity index (χ1n) is 9.17. The van der Waals surface area contributed by atoms with Crippen LogP contribution in [0.2, 0.25) is 0 Å². The van der Waals surface area contributed by atoms with Gasteiger partial charge < -0.3 is 14.8 Å². The van der Waals surface area contributed by atoms with E-state index in [1.165, 1.54) is 38.5 Å². The van der Waals surface area contributed by atoms with Crippen molar-refractivity contribution < 1.29 is 19.1 Å². The van der Waals surface area contributed by atoms with E-state index < -0.39 is 12.1 Å². The van der Waals surface area contributed by atoms with Crippen molar-refractivity contribution in [2.45, 2.75) is 57.5 Å². The summed E-state index contributed by atoms with van der Waals surface area (Å²) in [6.45, 7) is 1.19. The molecule has 0 aromatic heterocycles. The van der Waals surface area contributed by atoms with Crippen molar-refractivity contribution in [3.8, 4) is 0 Å². The summed E-state index contributed by atoms with van der Waals surface area (Å²) >= 11 is 0. The molecule has 5 heteroatoms. The van der Waals surface area contributed by atoms with Gasteiger partial charge >= 0.3 is 5.97 Å². The maximum absolute atomic E-state index is 12.0. The molecule has 5 rings (SSSR count). The summed E-state index contributed by atoms with van der Waals surface area (Å²) in [5.74, 6) is 2.08. The van der Waals surface area contributed by atoms with E-state index in [0.29, 0.717) is 18.4 Å². The van der Waals surface area contributed by atoms with Crippen LogP contribution in [-0.4, -0.2) is 37.7 Å². The Balaban J connectivity index is 1.23. The van der Waals surface area contributed by atoms with Crippen molar-refractivity contribution in [2.24, 2.45) is 23.2 Å². The lowest BCUT2D eigenvalue weighted by atomic mass is 9.49. The SMILES string of the molecule is O=C(COC(=O)[C@H]1CCCO1)NCC12CC3CC(CC(C3)C1)C2. The number of nitrogens with one attached hydrogen (secondary N) is 1. The van der Waals surface area contributed by atoms with Gasteiger partial charge in [-0.25, -0.2) is 4.79 Å². The summed E-state index contributed by atoms with van der Waals surface area (Å²) in [7, 11) is 0. The Labute approximate surface area is 137 Å². The molecule has 4 aliphatic carbocycles. The van der Waals surface area contributed by atoms with Gasteiger partial charge in [0.25, 0.3) is 5.91 Å². The highest BCUT2D eigenvalue weighted by atomic mass is 16.6. The largest absolute Gasteiger partial charge is 0.454 e. The third kappa shape index (κ3) is 3.25. The van der Waals surface area contributed by atoms with Crippen LogP contribution < -0.4 is 5.32 Å². The molecule has 1 heterocycles. The number of carbonyl (C=O) groups excluding carboxylic acids is 2. The highest BCUT2D eigenvalue weighted by Crippen LogP contribution is 2.59. The second kappa shape index (κ2) is 6.08. The van der Waals surface area contributed by atoms with Gasteiger partial charge in [-0.05, 0) is 74.5 Å². The van der Waals surface area contributed by atoms with Gasteiger partial charge in [0.15, 0.2) is 12.7 Å². The molecule has 4 saturated carbocycles. The Kier molecular flexibility index (Phi) is 4.08. The number of hydrogen-bond donors (Lipinski definition) is 1. The van der Waals surface area contributed by atoms with E-state index in [9.17, 15) is 9.59 Å². The van der Waals surface area contributed by atoms with E-state index in [1.807, 2.05) is 0 Å². The molecule has 1 amide bonds. The van der Waals surface area contributed by atoms with Crippen LogP contribution in [0.25, 0.3) is 0 Å². The quantitative estimate of drug-likeness (QED) is 0.787. The molecule has 5 fully saturated rings. The van der Waals surface area contributed by atoms with Gasteiger partial charge in [-0.1, -0.05) is 0 Å². The Bertz CT molecular complexity index is 448. The molecule has 1 saturated heterocycles. The number of rotatable bonds is 5. The number of esters is 1. The van der Waals surface area contributed by atoms with Gasteiger partial charge in [0.05, 0.1) is 0 Å². The Morgan fingerprint density at radius 2 is 1.74 bits per heavy atom. The average molecular weight is 321 g/mol. The standard InChI is InChI=1S/C18H27NO4/c20-16(10-23-17(21)15-2-1-3-22-15)19-11-18-7-12-4-13(8-18)6-14(5-12)9-18/h12-15H,1-11H2,(H,19,20)/t12?,13?,14?,15-,18?/m1/s1. The topological polar surface area (TPSA) is 64.6 Å². The molecular weight excluding hydrogens is 294 g/mol. The molecule has 0 radical (unpaired) electrons. The summed E-state index contributed by atoms with van der Waals surface area (Å²) < 4.78 is 10.3. The van der Waals surface area contributed by atoms with E-state index >= 15 is 0 Å². The lowest BCUT2D eigenvalue weighted by Crippen LogP contribution is -2.51. The maximum atomic E-state index is 12.0. The molecule has 0 aromatic carbocycles. The molecular formula is C18H27NO4. The summed E-state index contributed by atoms with van der Waals surface area (Å²) in [4.78, 5) is 23.8. The van der Waals surface area contributed by atoms with E-state index in [1.54, 1.807) is 0 Å². The minimum Gasteiger partial charge on any atom is -0.454 e. The molecule has 4 bridgehead atoms. The fourth-order valence-corrected chi connectivity index (χ4v) is 5.84. The van der Waals surface area contributed by atoms with Crippen LogP contribution in [0.5, 0.6) is 0 Å². The molecule has 0 aromatic rings. The predicted octanol–water partition coefficient (Wildman–Crippen LogP) is 2.04. The van der Waals surface area contributed by atoms with Crippen LogP contribution in [0.4, 0.5) is 0 Å². The average Bonchev–Trinajstić information content (AvgIpc) is 3.04. The van der Waals surface area contributed by atoms with Crippen molar-refractivity contribution in [1.82, 2.24) is 5.32 Å². The van der Waals surface area contributed by atoms with Crippen molar-refractivity contribution in [3.05, 3.63) is 0 Å². The minimum atomic E-state index is -0.467. The van der Waals surface area contributed by atoms with Gasteiger partial charge in [0.2, 0.25) is 0 Å². The first-order chi connectivity index (χ1) is 11.1. The van der Waals surface area contributed by atoms with E-state index in [-0.39, 0.29) is 12.5 Å². The van der Waals surface area contributed by atoms with E-state index in [2.05, 4.69) is 5.32 Å². The van der Waals surface area contributed by atoms with E-state index in [4.69, 9.17) is 9.47 Å². The van der Waals surface area contributed by atoms with Crippen molar-refractivity contribution in [3.63, 3.8) is 0 Å². The Morgan fingerprint density at radius 1 is 1.09 bits per heavy atom. The summed E-state index contributed by atoms with van der Waals surface area (Å²) in [6.07, 6.45) is 9.17. The van der Waals surface area contributed by atoms with E-state index in [0.717, 1.165) is 30.7 Å². The van der Waals surface area contributed by atoms with Crippen molar-refractivity contribution in [1.29, 1.82) is 0 Å². The number of hydrogen-bond acceptors (Lipinski definition) is 4. The number of ether oxygens (including phenoxy) is 2. The summed E-state index contributed by atoms with van der Waals surface area (Å²) in [5.41, 5.74) is 0.322. The zero-order valence-electron chi connectivity index (χ0n) is 13.7. The molecule has 0 spiro atoms. The first kappa shape index (κ1) is 15.4. The van der Waals surface area contributed by atoms with Crippen molar-refractivity contribution >= 4 is 11.9 Å². The molecule has 23 heavy (non-hydrogen) atoms. The van der Waals surface area contributed by atoms with Gasteiger partial charge in [-0.15, -0.1) is 0 Å². The summed E-state index contributed by atoms with van der Waals surface area (Å²) in [5, 5.41) is 3.03. The second-order valence-corrected chi connectivity index (χ2v) is 8.30. The zero-order chi connectivity index (χ0) is 15.9. The predicted molar refractivity (Wildman–Crippen MR) is 83.5 cm³/mol. The monoisotopic (exact) mass is 321 g/mol. The Hall–Kier alpha value is -1.10. The van der Waals surface area contributed by atoms with Crippen molar-refractivity contribution in [2.75, 3.05) is 19.8 Å². The smallest absolute Gasteiger partial charge is 0.335 e. The molecule has 5 aliphatic rings. The summed E-state index contributed by atoms with van der Waals surface area (Å²) in [6, 6.07) is 0. The number of amides is 1. The molecule has 0 unspecified atom stereocenters. The van der Waals surface area contributed by atoms with Crippen LogP contribution >= 0.6 is 0 Å². The zero-order valence-corrected chi connectivity index (χ0v) is 13.7. The lowest BCUT2D eigenvalue weighted by molar-refractivity contribution is -0.157. The van der Waals surface area contributed by atoms with Crippen LogP contribution in [0, 0.1) is 23.2 Å². The third-order valence-electron chi connectivity index (χ3n) is 6.36. The first-order valence-corrected chi connectivity index (χ1v) is 9.17. The third-order valence-corrected chi connectivity index (χ3v) is 6.36. The highest BCUT2D eigenvalue weighted by Gasteiger charge is 2.50. The normalized spacial score (nSPS) is 41.0. The fourth-order valence-electron chi connectivity index (χ4n) is 5.84. The maximum Gasteiger partial charge on any atom is 0.335 e. The number of carbonyl (C=O) groups is 2. The van der Waals surface area contributed by atoms with Crippen LogP contribution in [0.1, 0.15) is 51.4 Å². The minimum absolute atomic E-state index is 0.174. The van der Waals surface area contributed by atoms with Crippen LogP contribution in [-0.2, 0) is 19.1 Å². The van der Waals surface area contributed by atoms with Crippen LogP contribution in [0.3, 0.4) is 0 Å².